The summed E-state index contributed by atoms with van der Waals surface area (Å²) in [5.41, 5.74) is 3.14. The first kappa shape index (κ1) is 13.5. The molecule has 0 aliphatic carbocycles. The van der Waals surface area contributed by atoms with Gasteiger partial charge in [-0.2, -0.15) is 0 Å². The summed E-state index contributed by atoms with van der Waals surface area (Å²) in [6.45, 7) is 0. The zero-order valence-electron chi connectivity index (χ0n) is 12.0. The topological polar surface area (TPSA) is 46.1 Å². The van der Waals surface area contributed by atoms with E-state index in [0.29, 0.717) is 6.42 Å². The Morgan fingerprint density at radius 3 is 2.48 bits per heavy atom. The van der Waals surface area contributed by atoms with E-state index in [4.69, 9.17) is 0 Å². The fraction of sp³-hybridized carbons (Fsp3) is 0.235. The van der Waals surface area contributed by atoms with Crippen LogP contribution in [0.3, 0.4) is 0 Å². The predicted octanol–water partition coefficient (Wildman–Crippen LogP) is 1.51. The Labute approximate surface area is 124 Å². The number of hydrogen-bond acceptors (Lipinski definition) is 3. The normalized spacial score (nSPS) is 14.0. The minimum atomic E-state index is 0.0823. The minimum Gasteiger partial charge on any atom is -0.370 e. The average Bonchev–Trinajstić information content (AvgIpc) is 3.01. The summed E-state index contributed by atoms with van der Waals surface area (Å²) in [5.74, 6) is 0. The molecule has 0 saturated heterocycles. The molecule has 1 aliphatic rings. The van der Waals surface area contributed by atoms with E-state index in [2.05, 4.69) is 22.8 Å². The van der Waals surface area contributed by atoms with E-state index in [1.54, 1.807) is 4.57 Å². The zero-order chi connectivity index (χ0) is 14.7. The molecule has 4 nitrogen and oxygen atoms in total. The Bertz CT molecular complexity index is 696. The lowest BCUT2D eigenvalue weighted by Crippen LogP contribution is -2.36. The van der Waals surface area contributed by atoms with Crippen molar-refractivity contribution in [3.05, 3.63) is 82.0 Å². The second-order valence-corrected chi connectivity index (χ2v) is 5.30. The van der Waals surface area contributed by atoms with Crippen LogP contribution in [0.25, 0.3) is 0 Å². The second kappa shape index (κ2) is 5.87. The Morgan fingerprint density at radius 1 is 1.05 bits per heavy atom. The Kier molecular flexibility index (Phi) is 3.77. The molecule has 1 aliphatic heterocycles. The van der Waals surface area contributed by atoms with Crippen LogP contribution in [0.5, 0.6) is 0 Å². The molecule has 2 heterocycles. The van der Waals surface area contributed by atoms with Gasteiger partial charge in [-0.15, -0.1) is 0 Å². The molecule has 1 aromatic carbocycles. The highest BCUT2D eigenvalue weighted by molar-refractivity contribution is 5.25. The minimum absolute atomic E-state index is 0.0823. The predicted molar refractivity (Wildman–Crippen MR) is 83.8 cm³/mol. The first-order chi connectivity index (χ1) is 10.2. The quantitative estimate of drug-likeness (QED) is 0.893. The van der Waals surface area contributed by atoms with Crippen molar-refractivity contribution in [2.75, 3.05) is 0 Å². The number of hydrogen-bond donors (Lipinski definition) is 2. The van der Waals surface area contributed by atoms with Gasteiger partial charge in [-0.05, 0) is 11.6 Å². The van der Waals surface area contributed by atoms with E-state index < -0.39 is 0 Å². The summed E-state index contributed by atoms with van der Waals surface area (Å²) < 4.78 is 1.75. The van der Waals surface area contributed by atoms with Crippen molar-refractivity contribution in [3.63, 3.8) is 0 Å². The number of nitrogens with one attached hydrogen (secondary N) is 2. The van der Waals surface area contributed by atoms with Crippen LogP contribution in [0.1, 0.15) is 16.8 Å². The lowest BCUT2D eigenvalue weighted by Gasteiger charge is -2.14. The van der Waals surface area contributed by atoms with Crippen LogP contribution in [0.4, 0.5) is 0 Å². The number of pyridine rings is 1. The third kappa shape index (κ3) is 2.99. The van der Waals surface area contributed by atoms with Crippen molar-refractivity contribution in [3.8, 4) is 0 Å². The SMILES string of the molecule is Cn1c(Cc2ccccc2)ccc(CC2NC=CN2)c1=O. The third-order valence-electron chi connectivity index (χ3n) is 3.82. The van der Waals surface area contributed by atoms with Gasteiger partial charge in [0.1, 0.15) is 0 Å². The summed E-state index contributed by atoms with van der Waals surface area (Å²) >= 11 is 0. The van der Waals surface area contributed by atoms with Crippen LogP contribution in [0.15, 0.2) is 59.7 Å². The van der Waals surface area contributed by atoms with Gasteiger partial charge in [0.05, 0.1) is 6.17 Å². The Balaban J connectivity index is 1.81. The third-order valence-corrected chi connectivity index (χ3v) is 3.82. The van der Waals surface area contributed by atoms with Gasteiger partial charge in [0.25, 0.3) is 5.56 Å². The standard InChI is InChI=1S/C17H19N3O/c1-20-15(11-13-5-3-2-4-6-13)8-7-14(17(20)21)12-16-18-9-10-19-16/h2-10,16,18-19H,11-12H2,1H3. The number of rotatable bonds is 4. The molecule has 4 heteroatoms. The molecular weight excluding hydrogens is 262 g/mol. The van der Waals surface area contributed by atoms with E-state index >= 15 is 0 Å². The molecule has 1 aromatic heterocycles. The molecule has 3 rings (SSSR count). The maximum absolute atomic E-state index is 12.5. The van der Waals surface area contributed by atoms with Gasteiger partial charge in [0, 0.05) is 43.5 Å². The Hall–Kier alpha value is -2.49. The number of nitrogens with zero attached hydrogens (tertiary/aromatic N) is 1. The lowest BCUT2D eigenvalue weighted by atomic mass is 10.1. The fourth-order valence-corrected chi connectivity index (χ4v) is 2.58. The molecular formula is C17H19N3O. The van der Waals surface area contributed by atoms with Crippen LogP contribution in [-0.4, -0.2) is 10.7 Å². The molecule has 0 fully saturated rings. The van der Waals surface area contributed by atoms with Crippen molar-refractivity contribution < 1.29 is 0 Å². The maximum Gasteiger partial charge on any atom is 0.253 e. The molecule has 0 saturated carbocycles. The second-order valence-electron chi connectivity index (χ2n) is 5.30. The fourth-order valence-electron chi connectivity index (χ4n) is 2.58. The van der Waals surface area contributed by atoms with Gasteiger partial charge >= 0.3 is 0 Å². The molecule has 0 spiro atoms. The maximum atomic E-state index is 12.5. The molecule has 108 valence electrons. The van der Waals surface area contributed by atoms with Crippen LogP contribution in [0, 0.1) is 0 Å². The van der Waals surface area contributed by atoms with Crippen molar-refractivity contribution in [1.82, 2.24) is 15.2 Å². The molecule has 0 atom stereocenters. The molecule has 0 bridgehead atoms. The van der Waals surface area contributed by atoms with E-state index in [-0.39, 0.29) is 11.7 Å². The van der Waals surface area contributed by atoms with Crippen LogP contribution in [0.2, 0.25) is 0 Å². The summed E-state index contributed by atoms with van der Waals surface area (Å²) in [6.07, 6.45) is 5.27. The van der Waals surface area contributed by atoms with Crippen molar-refractivity contribution in [2.24, 2.45) is 7.05 Å². The van der Waals surface area contributed by atoms with E-state index in [9.17, 15) is 4.79 Å². The Morgan fingerprint density at radius 2 is 1.76 bits per heavy atom. The van der Waals surface area contributed by atoms with Gasteiger partial charge < -0.3 is 15.2 Å². The van der Waals surface area contributed by atoms with Crippen LogP contribution < -0.4 is 16.2 Å². The highest BCUT2D eigenvalue weighted by Crippen LogP contribution is 2.09. The summed E-state index contributed by atoms with van der Waals surface area (Å²) in [5, 5.41) is 6.33. The number of benzene rings is 1. The van der Waals surface area contributed by atoms with Gasteiger partial charge in [-0.25, -0.2) is 0 Å². The molecule has 2 N–H and O–H groups in total. The van der Waals surface area contributed by atoms with E-state index in [1.807, 2.05) is 49.8 Å². The molecule has 0 unspecified atom stereocenters. The van der Waals surface area contributed by atoms with E-state index in [0.717, 1.165) is 17.7 Å². The lowest BCUT2D eigenvalue weighted by molar-refractivity contribution is 0.561. The highest BCUT2D eigenvalue weighted by atomic mass is 16.1. The van der Waals surface area contributed by atoms with Crippen LogP contribution in [-0.2, 0) is 19.9 Å². The summed E-state index contributed by atoms with van der Waals surface area (Å²) in [4.78, 5) is 12.5. The van der Waals surface area contributed by atoms with Crippen LogP contribution >= 0.6 is 0 Å². The van der Waals surface area contributed by atoms with Crippen molar-refractivity contribution >= 4 is 0 Å². The van der Waals surface area contributed by atoms with Crippen molar-refractivity contribution in [2.45, 2.75) is 19.0 Å². The van der Waals surface area contributed by atoms with Crippen molar-refractivity contribution in [1.29, 1.82) is 0 Å². The van der Waals surface area contributed by atoms with E-state index in [1.165, 1.54) is 5.56 Å². The summed E-state index contributed by atoms with van der Waals surface area (Å²) in [7, 11) is 1.85. The molecule has 21 heavy (non-hydrogen) atoms. The average molecular weight is 281 g/mol. The molecule has 0 radical (unpaired) electrons. The van der Waals surface area contributed by atoms with Gasteiger partial charge in [0.15, 0.2) is 0 Å². The van der Waals surface area contributed by atoms with Gasteiger partial charge in [0.2, 0.25) is 0 Å². The smallest absolute Gasteiger partial charge is 0.253 e. The molecule has 2 aromatic rings. The van der Waals surface area contributed by atoms with Gasteiger partial charge in [-0.3, -0.25) is 4.79 Å². The zero-order valence-corrected chi connectivity index (χ0v) is 12.0. The highest BCUT2D eigenvalue weighted by Gasteiger charge is 2.13. The largest absolute Gasteiger partial charge is 0.370 e. The first-order valence-corrected chi connectivity index (χ1v) is 7.13. The summed E-state index contributed by atoms with van der Waals surface area (Å²) in [6, 6.07) is 14.2. The monoisotopic (exact) mass is 281 g/mol. The van der Waals surface area contributed by atoms with Gasteiger partial charge in [-0.1, -0.05) is 36.4 Å². The number of aromatic nitrogens is 1. The molecule has 0 amide bonds. The first-order valence-electron chi connectivity index (χ1n) is 7.13.